The molecular formula is C16H27N2O2+. The van der Waals surface area contributed by atoms with E-state index < -0.39 is 0 Å². The van der Waals surface area contributed by atoms with Crippen molar-refractivity contribution in [3.63, 3.8) is 0 Å². The first-order valence-electron chi connectivity index (χ1n) is 7.05. The van der Waals surface area contributed by atoms with E-state index in [1.54, 1.807) is 14.1 Å². The average Bonchev–Trinajstić information content (AvgIpc) is 2.38. The van der Waals surface area contributed by atoms with Gasteiger partial charge in [0.25, 0.3) is 0 Å². The number of nitrogens with zero attached hydrogens (tertiary/aromatic N) is 2. The first-order chi connectivity index (χ1) is 9.19. The minimum absolute atomic E-state index is 0.350. The van der Waals surface area contributed by atoms with Gasteiger partial charge in [-0.3, -0.25) is 4.48 Å². The summed E-state index contributed by atoms with van der Waals surface area (Å²) in [5, 5.41) is 0. The predicted molar refractivity (Wildman–Crippen MR) is 84.4 cm³/mol. The number of carbonyl (C=O) groups excluding carboxylic acids is 1. The van der Waals surface area contributed by atoms with Crippen molar-refractivity contribution in [2.45, 2.75) is 26.7 Å². The summed E-state index contributed by atoms with van der Waals surface area (Å²) in [5.74, 6) is 0.985. The van der Waals surface area contributed by atoms with Gasteiger partial charge in [-0.25, -0.2) is 4.79 Å². The van der Waals surface area contributed by atoms with Crippen LogP contribution in [0.15, 0.2) is 18.2 Å². The largest absolute Gasteiger partial charge is 0.414 e. The zero-order valence-corrected chi connectivity index (χ0v) is 13.7. The van der Waals surface area contributed by atoms with Crippen molar-refractivity contribution >= 4 is 11.8 Å². The van der Waals surface area contributed by atoms with Crippen LogP contribution in [0.25, 0.3) is 0 Å². The van der Waals surface area contributed by atoms with E-state index in [0.717, 1.165) is 11.0 Å². The first kappa shape index (κ1) is 16.5. The van der Waals surface area contributed by atoms with E-state index >= 15 is 0 Å². The number of amides is 1. The Morgan fingerprint density at radius 2 is 1.90 bits per heavy atom. The molecule has 0 saturated heterocycles. The van der Waals surface area contributed by atoms with E-state index in [2.05, 4.69) is 40.9 Å². The maximum atomic E-state index is 11.6. The third kappa shape index (κ3) is 3.73. The monoisotopic (exact) mass is 279 g/mol. The Kier molecular flexibility index (Phi) is 5.17. The molecule has 1 amide bonds. The Morgan fingerprint density at radius 3 is 2.35 bits per heavy atom. The summed E-state index contributed by atoms with van der Waals surface area (Å²) in [6, 6.07) is 5.92. The van der Waals surface area contributed by atoms with Gasteiger partial charge < -0.3 is 9.64 Å². The number of carbonyl (C=O) groups is 1. The maximum absolute atomic E-state index is 11.6. The molecule has 0 heterocycles. The lowest BCUT2D eigenvalue weighted by Gasteiger charge is -2.31. The molecule has 1 aromatic rings. The molecule has 0 atom stereocenters. The standard InChI is InChI=1S/C16H27N2O2/c1-8-18(6,7)15-10-9-13(11-14(15)12(2)3)20-16(19)17(4)5/h9-12H,8H2,1-7H3/q+1. The SMILES string of the molecule is CC[N+](C)(C)c1ccc(OC(=O)N(C)C)cc1C(C)C. The van der Waals surface area contributed by atoms with Crippen molar-refractivity contribution in [1.29, 1.82) is 0 Å². The molecule has 0 fully saturated rings. The summed E-state index contributed by atoms with van der Waals surface area (Å²) in [5.41, 5.74) is 2.49. The number of ether oxygens (including phenoxy) is 1. The van der Waals surface area contributed by atoms with Crippen LogP contribution >= 0.6 is 0 Å². The van der Waals surface area contributed by atoms with Gasteiger partial charge in [0.1, 0.15) is 11.4 Å². The van der Waals surface area contributed by atoms with Crippen LogP contribution in [-0.2, 0) is 0 Å². The van der Waals surface area contributed by atoms with Crippen molar-refractivity contribution in [3.8, 4) is 5.75 Å². The molecule has 0 aliphatic carbocycles. The highest BCUT2D eigenvalue weighted by Gasteiger charge is 2.23. The zero-order chi connectivity index (χ0) is 15.5. The molecule has 0 aromatic heterocycles. The molecule has 4 heteroatoms. The van der Waals surface area contributed by atoms with Crippen molar-refractivity contribution in [3.05, 3.63) is 23.8 Å². The summed E-state index contributed by atoms with van der Waals surface area (Å²) >= 11 is 0. The predicted octanol–water partition coefficient (Wildman–Crippen LogP) is 3.46. The van der Waals surface area contributed by atoms with Crippen molar-refractivity contribution < 1.29 is 9.53 Å². The van der Waals surface area contributed by atoms with Gasteiger partial charge >= 0.3 is 6.09 Å². The smallest absolute Gasteiger partial charge is 0.410 e. The van der Waals surface area contributed by atoms with Crippen LogP contribution in [-0.4, -0.2) is 45.7 Å². The molecule has 4 nitrogen and oxygen atoms in total. The van der Waals surface area contributed by atoms with Crippen LogP contribution in [0.4, 0.5) is 10.5 Å². The van der Waals surface area contributed by atoms with Crippen molar-refractivity contribution in [2.75, 3.05) is 34.7 Å². The highest BCUT2D eigenvalue weighted by molar-refractivity contribution is 5.70. The number of hydrogen-bond donors (Lipinski definition) is 0. The van der Waals surface area contributed by atoms with E-state index in [1.807, 2.05) is 12.1 Å². The van der Waals surface area contributed by atoms with Gasteiger partial charge in [0.05, 0.1) is 20.6 Å². The first-order valence-corrected chi connectivity index (χ1v) is 7.05. The second-order valence-electron chi connectivity index (χ2n) is 6.14. The summed E-state index contributed by atoms with van der Waals surface area (Å²) in [4.78, 5) is 13.1. The highest BCUT2D eigenvalue weighted by Crippen LogP contribution is 2.33. The zero-order valence-electron chi connectivity index (χ0n) is 13.7. The topological polar surface area (TPSA) is 29.5 Å². The lowest BCUT2D eigenvalue weighted by atomic mass is 9.99. The number of quaternary nitrogens is 1. The fourth-order valence-electron chi connectivity index (χ4n) is 1.97. The molecule has 1 aromatic carbocycles. The molecule has 0 N–H and O–H groups in total. The van der Waals surface area contributed by atoms with Crippen LogP contribution in [0, 0.1) is 0 Å². The third-order valence-electron chi connectivity index (χ3n) is 3.63. The lowest BCUT2D eigenvalue weighted by Crippen LogP contribution is -2.40. The Morgan fingerprint density at radius 1 is 1.30 bits per heavy atom. The van der Waals surface area contributed by atoms with E-state index in [0.29, 0.717) is 11.7 Å². The molecular weight excluding hydrogens is 252 g/mol. The quantitative estimate of drug-likeness (QED) is 0.790. The van der Waals surface area contributed by atoms with Gasteiger partial charge in [0.15, 0.2) is 0 Å². The summed E-state index contributed by atoms with van der Waals surface area (Å²) in [6.45, 7) is 7.50. The van der Waals surface area contributed by atoms with E-state index in [9.17, 15) is 4.79 Å². The summed E-state index contributed by atoms with van der Waals surface area (Å²) in [7, 11) is 7.73. The fraction of sp³-hybridized carbons (Fsp3) is 0.562. The highest BCUT2D eigenvalue weighted by atomic mass is 16.6. The molecule has 0 radical (unpaired) electrons. The van der Waals surface area contributed by atoms with Crippen LogP contribution in [0.3, 0.4) is 0 Å². The molecule has 0 bridgehead atoms. The molecule has 112 valence electrons. The number of hydrogen-bond acceptors (Lipinski definition) is 2. The van der Waals surface area contributed by atoms with Gasteiger partial charge in [-0.15, -0.1) is 0 Å². The Labute approximate surface area is 122 Å². The Balaban J connectivity index is 3.17. The Hall–Kier alpha value is -1.55. The average molecular weight is 279 g/mol. The minimum atomic E-state index is -0.350. The number of rotatable bonds is 4. The van der Waals surface area contributed by atoms with Gasteiger partial charge in [-0.2, -0.15) is 0 Å². The van der Waals surface area contributed by atoms with Crippen molar-refractivity contribution in [2.24, 2.45) is 0 Å². The van der Waals surface area contributed by atoms with Crippen LogP contribution in [0.5, 0.6) is 5.75 Å². The van der Waals surface area contributed by atoms with Gasteiger partial charge in [-0.05, 0) is 25.0 Å². The van der Waals surface area contributed by atoms with Gasteiger partial charge in [-0.1, -0.05) is 13.8 Å². The molecule has 0 spiro atoms. The minimum Gasteiger partial charge on any atom is -0.410 e. The molecule has 1 rings (SSSR count). The molecule has 0 aliphatic rings. The third-order valence-corrected chi connectivity index (χ3v) is 3.63. The summed E-state index contributed by atoms with van der Waals surface area (Å²) in [6.07, 6.45) is -0.350. The Bertz CT molecular complexity index is 479. The van der Waals surface area contributed by atoms with Crippen LogP contribution in [0.1, 0.15) is 32.3 Å². The molecule has 0 unspecified atom stereocenters. The van der Waals surface area contributed by atoms with E-state index in [-0.39, 0.29) is 6.09 Å². The second kappa shape index (κ2) is 6.27. The maximum Gasteiger partial charge on any atom is 0.414 e. The second-order valence-corrected chi connectivity index (χ2v) is 6.14. The molecule has 0 aliphatic heterocycles. The lowest BCUT2D eigenvalue weighted by molar-refractivity contribution is 0.172. The van der Waals surface area contributed by atoms with E-state index in [4.69, 9.17) is 4.74 Å². The van der Waals surface area contributed by atoms with Crippen molar-refractivity contribution in [1.82, 2.24) is 9.38 Å². The van der Waals surface area contributed by atoms with Gasteiger partial charge in [0, 0.05) is 25.7 Å². The van der Waals surface area contributed by atoms with Gasteiger partial charge in [0.2, 0.25) is 0 Å². The van der Waals surface area contributed by atoms with Crippen LogP contribution < -0.4 is 9.22 Å². The summed E-state index contributed by atoms with van der Waals surface area (Å²) < 4.78 is 6.16. The van der Waals surface area contributed by atoms with Crippen LogP contribution in [0.2, 0.25) is 0 Å². The fourth-order valence-corrected chi connectivity index (χ4v) is 1.97. The molecule has 20 heavy (non-hydrogen) atoms. The molecule has 0 saturated carbocycles. The number of benzene rings is 1. The normalized spacial score (nSPS) is 11.6. The van der Waals surface area contributed by atoms with E-state index in [1.165, 1.54) is 16.2 Å².